The zero-order valence-corrected chi connectivity index (χ0v) is 7.87. The van der Waals surface area contributed by atoms with Crippen molar-refractivity contribution in [1.82, 2.24) is 0 Å². The summed E-state index contributed by atoms with van der Waals surface area (Å²) in [5.41, 5.74) is 6.53. The van der Waals surface area contributed by atoms with Gasteiger partial charge in [-0.2, -0.15) is 10.4 Å². The van der Waals surface area contributed by atoms with E-state index in [0.29, 0.717) is 0 Å². The van der Waals surface area contributed by atoms with Gasteiger partial charge in [-0.25, -0.2) is 8.78 Å². The van der Waals surface area contributed by atoms with E-state index in [-0.39, 0.29) is 5.69 Å². The van der Waals surface area contributed by atoms with Crippen molar-refractivity contribution in [1.29, 1.82) is 5.26 Å². The zero-order chi connectivity index (χ0) is 12.1. The summed E-state index contributed by atoms with van der Waals surface area (Å²) in [6, 6.07) is 4.34. The molecule has 0 fully saturated rings. The van der Waals surface area contributed by atoms with Gasteiger partial charge in [-0.15, -0.1) is 0 Å². The predicted molar refractivity (Wildman–Crippen MR) is 52.2 cm³/mol. The lowest BCUT2D eigenvalue weighted by Crippen LogP contribution is -2.22. The van der Waals surface area contributed by atoms with E-state index in [0.717, 1.165) is 12.1 Å². The number of carbonyl (C=O) groups is 1. The monoisotopic (exact) mass is 224 g/mol. The van der Waals surface area contributed by atoms with E-state index in [1.165, 1.54) is 12.1 Å². The topological polar surface area (TPSA) is 91.3 Å². The number of primary amides is 1. The first kappa shape index (κ1) is 11.6. The first-order chi connectivity index (χ1) is 7.54. The number of carbonyl (C=O) groups excluding carboxylic acids is 1. The van der Waals surface area contributed by atoms with E-state index in [2.05, 4.69) is 10.5 Å². The van der Waals surface area contributed by atoms with Crippen LogP contribution in [0.5, 0.6) is 0 Å². The largest absolute Gasteiger partial charge is 0.364 e. The molecule has 1 aromatic carbocycles. The van der Waals surface area contributed by atoms with Crippen LogP contribution in [0.1, 0.15) is 0 Å². The highest BCUT2D eigenvalue weighted by molar-refractivity contribution is 6.44. The Morgan fingerprint density at radius 3 is 2.62 bits per heavy atom. The summed E-state index contributed by atoms with van der Waals surface area (Å²) in [5.74, 6) is -3.10. The molecule has 1 aromatic rings. The average Bonchev–Trinajstić information content (AvgIpc) is 2.23. The van der Waals surface area contributed by atoms with E-state index in [1.807, 2.05) is 0 Å². The van der Waals surface area contributed by atoms with Gasteiger partial charge >= 0.3 is 0 Å². The van der Waals surface area contributed by atoms with Crippen molar-refractivity contribution in [2.75, 3.05) is 5.43 Å². The predicted octanol–water partition coefficient (Wildman–Crippen LogP) is 0.742. The van der Waals surface area contributed by atoms with Crippen molar-refractivity contribution in [3.8, 4) is 6.07 Å². The summed E-state index contributed by atoms with van der Waals surface area (Å²) in [6.45, 7) is 0. The number of amides is 1. The lowest BCUT2D eigenvalue weighted by Gasteiger charge is -2.00. The van der Waals surface area contributed by atoms with Gasteiger partial charge < -0.3 is 5.73 Å². The third kappa shape index (κ3) is 2.75. The minimum atomic E-state index is -1.07. The van der Waals surface area contributed by atoms with Gasteiger partial charge in [0.25, 0.3) is 5.91 Å². The molecule has 0 unspecified atom stereocenters. The molecule has 0 spiro atoms. The second-order valence-electron chi connectivity index (χ2n) is 2.68. The van der Waals surface area contributed by atoms with Crippen LogP contribution in [0.2, 0.25) is 0 Å². The van der Waals surface area contributed by atoms with Crippen molar-refractivity contribution in [2.45, 2.75) is 0 Å². The van der Waals surface area contributed by atoms with Crippen molar-refractivity contribution in [3.05, 3.63) is 29.8 Å². The van der Waals surface area contributed by atoms with Crippen LogP contribution in [0, 0.1) is 23.0 Å². The van der Waals surface area contributed by atoms with Crippen molar-refractivity contribution in [3.63, 3.8) is 0 Å². The van der Waals surface area contributed by atoms with Crippen LogP contribution in [0.15, 0.2) is 23.3 Å². The summed E-state index contributed by atoms with van der Waals surface area (Å²) >= 11 is 0. The van der Waals surface area contributed by atoms with Crippen molar-refractivity contribution < 1.29 is 13.6 Å². The molecular formula is C9H6F2N4O. The van der Waals surface area contributed by atoms with Crippen molar-refractivity contribution in [2.24, 2.45) is 10.8 Å². The van der Waals surface area contributed by atoms with Gasteiger partial charge in [-0.3, -0.25) is 10.2 Å². The second-order valence-corrected chi connectivity index (χ2v) is 2.68. The molecule has 0 radical (unpaired) electrons. The number of nitrogens with two attached hydrogens (primary N) is 1. The summed E-state index contributed by atoms with van der Waals surface area (Å²) in [4.78, 5) is 10.6. The summed E-state index contributed by atoms with van der Waals surface area (Å²) in [6.07, 6.45) is 0. The van der Waals surface area contributed by atoms with Gasteiger partial charge in [0, 0.05) is 6.07 Å². The molecule has 0 aliphatic heterocycles. The standard InChI is InChI=1S/C9H6F2N4O/c10-6-2-1-5(3-7(6)11)14-15-8(4-12)9(13)16/h1-3,14H,(H2,13,16)/b15-8+. The van der Waals surface area contributed by atoms with E-state index < -0.39 is 23.3 Å². The zero-order valence-electron chi connectivity index (χ0n) is 7.87. The van der Waals surface area contributed by atoms with E-state index in [1.54, 1.807) is 0 Å². The number of anilines is 1. The van der Waals surface area contributed by atoms with Crippen LogP contribution in [0.25, 0.3) is 0 Å². The molecule has 1 rings (SSSR count). The van der Waals surface area contributed by atoms with Gasteiger partial charge in [0.2, 0.25) is 5.71 Å². The van der Waals surface area contributed by atoms with Crippen LogP contribution in [0.3, 0.4) is 0 Å². The summed E-state index contributed by atoms with van der Waals surface area (Å²) < 4.78 is 25.3. The second kappa shape index (κ2) is 4.84. The summed E-state index contributed by atoms with van der Waals surface area (Å²) in [7, 11) is 0. The third-order valence-electron chi connectivity index (χ3n) is 1.56. The Hall–Kier alpha value is -2.49. The van der Waals surface area contributed by atoms with E-state index in [4.69, 9.17) is 11.0 Å². The minimum Gasteiger partial charge on any atom is -0.364 e. The number of benzene rings is 1. The Morgan fingerprint density at radius 1 is 1.44 bits per heavy atom. The Morgan fingerprint density at radius 2 is 2.12 bits per heavy atom. The highest BCUT2D eigenvalue weighted by atomic mass is 19.2. The first-order valence-electron chi connectivity index (χ1n) is 4.03. The molecule has 7 heteroatoms. The third-order valence-corrected chi connectivity index (χ3v) is 1.56. The number of nitriles is 1. The van der Waals surface area contributed by atoms with Gasteiger partial charge in [0.1, 0.15) is 6.07 Å². The fourth-order valence-corrected chi connectivity index (χ4v) is 0.821. The first-order valence-corrected chi connectivity index (χ1v) is 4.03. The molecule has 0 saturated carbocycles. The molecule has 0 heterocycles. The molecule has 0 aromatic heterocycles. The van der Waals surface area contributed by atoms with Gasteiger partial charge in [0.15, 0.2) is 11.6 Å². The maximum Gasteiger partial charge on any atom is 0.280 e. The van der Waals surface area contributed by atoms with E-state index >= 15 is 0 Å². The maximum absolute atomic E-state index is 12.7. The summed E-state index contributed by atoms with van der Waals surface area (Å²) in [5, 5.41) is 11.7. The molecule has 0 aliphatic rings. The molecule has 1 amide bonds. The molecule has 5 nitrogen and oxygen atoms in total. The van der Waals surface area contributed by atoms with Crippen LogP contribution in [0.4, 0.5) is 14.5 Å². The molecule has 0 atom stereocenters. The van der Waals surface area contributed by atoms with Gasteiger partial charge in [-0.05, 0) is 12.1 Å². The van der Waals surface area contributed by atoms with Crippen LogP contribution in [-0.2, 0) is 4.79 Å². The lowest BCUT2D eigenvalue weighted by atomic mass is 10.3. The van der Waals surface area contributed by atoms with Gasteiger partial charge in [-0.1, -0.05) is 0 Å². The highest BCUT2D eigenvalue weighted by Crippen LogP contribution is 2.12. The molecule has 0 aliphatic carbocycles. The fourth-order valence-electron chi connectivity index (χ4n) is 0.821. The number of halogens is 2. The van der Waals surface area contributed by atoms with Crippen LogP contribution in [-0.4, -0.2) is 11.6 Å². The molecule has 3 N–H and O–H groups in total. The Labute approximate surface area is 89.2 Å². The molecule has 0 saturated heterocycles. The number of hydrogen-bond acceptors (Lipinski definition) is 4. The number of nitrogens with zero attached hydrogens (tertiary/aromatic N) is 2. The molecule has 0 bridgehead atoms. The lowest BCUT2D eigenvalue weighted by molar-refractivity contribution is -0.111. The smallest absolute Gasteiger partial charge is 0.280 e. The van der Waals surface area contributed by atoms with E-state index in [9.17, 15) is 13.6 Å². The number of rotatable bonds is 3. The highest BCUT2D eigenvalue weighted by Gasteiger charge is 2.05. The maximum atomic E-state index is 12.7. The van der Waals surface area contributed by atoms with Crippen molar-refractivity contribution >= 4 is 17.3 Å². The number of nitrogens with one attached hydrogen (secondary N) is 1. The Balaban J connectivity index is 2.86. The Bertz CT molecular complexity index is 493. The number of hydrazone groups is 1. The minimum absolute atomic E-state index is 0.0906. The molecular weight excluding hydrogens is 218 g/mol. The SMILES string of the molecule is N#C/C(=N\Nc1ccc(F)c(F)c1)C(N)=O. The van der Waals surface area contributed by atoms with Crippen LogP contribution < -0.4 is 11.2 Å². The molecule has 82 valence electrons. The average molecular weight is 224 g/mol. The quantitative estimate of drug-likeness (QED) is 0.586. The fraction of sp³-hybridized carbons (Fsp3) is 0. The number of hydrogen-bond donors (Lipinski definition) is 2. The molecule has 16 heavy (non-hydrogen) atoms. The van der Waals surface area contributed by atoms with Crippen LogP contribution >= 0.6 is 0 Å². The van der Waals surface area contributed by atoms with Gasteiger partial charge in [0.05, 0.1) is 5.69 Å². The normalized spacial score (nSPS) is 10.7. The Kier molecular flexibility index (Phi) is 3.50.